The molecule has 0 spiro atoms. The predicted octanol–water partition coefficient (Wildman–Crippen LogP) is 6.09. The fourth-order valence-electron chi connectivity index (χ4n) is 4.52. The highest BCUT2D eigenvalue weighted by Gasteiger charge is 2.19. The smallest absolute Gasteiger partial charge is 0.222 e. The molecule has 0 aromatic heterocycles. The van der Waals surface area contributed by atoms with Crippen molar-refractivity contribution in [3.63, 3.8) is 0 Å². The van der Waals surface area contributed by atoms with Gasteiger partial charge in [0.1, 0.15) is 0 Å². The van der Waals surface area contributed by atoms with Gasteiger partial charge in [-0.2, -0.15) is 0 Å². The Kier molecular flexibility index (Phi) is 18.5. The molecular formula is C27H53N3O2. The molecule has 1 saturated heterocycles. The second-order valence-corrected chi connectivity index (χ2v) is 9.87. The minimum Gasteiger partial charge on any atom is -0.356 e. The van der Waals surface area contributed by atoms with Gasteiger partial charge in [0, 0.05) is 38.5 Å². The summed E-state index contributed by atoms with van der Waals surface area (Å²) < 4.78 is 0. The predicted molar refractivity (Wildman–Crippen MR) is 136 cm³/mol. The van der Waals surface area contributed by atoms with Crippen LogP contribution in [0.25, 0.3) is 0 Å². The molecule has 0 saturated carbocycles. The van der Waals surface area contributed by atoms with Crippen molar-refractivity contribution in [3.8, 4) is 0 Å². The van der Waals surface area contributed by atoms with Gasteiger partial charge in [-0.1, -0.05) is 96.8 Å². The number of likely N-dealkylation sites (tertiary alicyclic amines) is 1. The molecule has 0 bridgehead atoms. The molecule has 1 rings (SSSR count). The van der Waals surface area contributed by atoms with Gasteiger partial charge in [0.15, 0.2) is 0 Å². The summed E-state index contributed by atoms with van der Waals surface area (Å²) in [4.78, 5) is 26.0. The third-order valence-corrected chi connectivity index (χ3v) is 6.79. The fourth-order valence-corrected chi connectivity index (χ4v) is 4.52. The number of unbranched alkanes of at least 4 members (excludes halogenated alkanes) is 14. The van der Waals surface area contributed by atoms with Crippen LogP contribution in [0, 0.1) is 0 Å². The third kappa shape index (κ3) is 16.5. The molecular weight excluding hydrogens is 398 g/mol. The van der Waals surface area contributed by atoms with E-state index in [-0.39, 0.29) is 17.9 Å². The molecule has 5 heteroatoms. The van der Waals surface area contributed by atoms with Gasteiger partial charge in [0.25, 0.3) is 0 Å². The summed E-state index contributed by atoms with van der Waals surface area (Å²) in [5, 5.41) is 2.97. The quantitative estimate of drug-likeness (QED) is 0.220. The van der Waals surface area contributed by atoms with E-state index >= 15 is 0 Å². The lowest BCUT2D eigenvalue weighted by Gasteiger charge is -2.30. The van der Waals surface area contributed by atoms with E-state index in [4.69, 9.17) is 5.73 Å². The van der Waals surface area contributed by atoms with Crippen LogP contribution in [-0.4, -0.2) is 42.4 Å². The van der Waals surface area contributed by atoms with Gasteiger partial charge < -0.3 is 16.0 Å². The largest absolute Gasteiger partial charge is 0.356 e. The number of amides is 2. The lowest BCUT2D eigenvalue weighted by molar-refractivity contribution is -0.132. The molecule has 0 radical (unpaired) electrons. The van der Waals surface area contributed by atoms with Crippen LogP contribution in [0.3, 0.4) is 0 Å². The number of nitrogens with two attached hydrogens (primary N) is 1. The first-order valence-electron chi connectivity index (χ1n) is 13.9. The molecule has 0 aliphatic carbocycles. The number of hydrogen-bond donors (Lipinski definition) is 2. The van der Waals surface area contributed by atoms with E-state index in [0.717, 1.165) is 45.2 Å². The SMILES string of the molecule is CCCCCCCCCCCCCCCCCC(=O)NCCCC(=O)N1CCC(N)CC1. The van der Waals surface area contributed by atoms with Crippen molar-refractivity contribution in [1.82, 2.24) is 10.2 Å². The normalized spacial score (nSPS) is 14.6. The summed E-state index contributed by atoms with van der Waals surface area (Å²) in [5.74, 6) is 0.338. The molecule has 0 unspecified atom stereocenters. The summed E-state index contributed by atoms with van der Waals surface area (Å²) in [6.07, 6.45) is 23.8. The summed E-state index contributed by atoms with van der Waals surface area (Å²) >= 11 is 0. The zero-order valence-corrected chi connectivity index (χ0v) is 21.2. The lowest BCUT2D eigenvalue weighted by atomic mass is 10.0. The minimum atomic E-state index is 0.135. The van der Waals surface area contributed by atoms with Gasteiger partial charge in [0.05, 0.1) is 0 Å². The maximum Gasteiger partial charge on any atom is 0.222 e. The number of rotatable bonds is 20. The molecule has 0 aromatic rings. The molecule has 3 N–H and O–H groups in total. The van der Waals surface area contributed by atoms with E-state index < -0.39 is 0 Å². The molecule has 5 nitrogen and oxygen atoms in total. The molecule has 32 heavy (non-hydrogen) atoms. The van der Waals surface area contributed by atoms with E-state index in [1.165, 1.54) is 83.5 Å². The summed E-state index contributed by atoms with van der Waals surface area (Å²) in [5.41, 5.74) is 5.88. The second-order valence-electron chi connectivity index (χ2n) is 9.87. The first kappa shape index (κ1) is 28.9. The summed E-state index contributed by atoms with van der Waals surface area (Å²) in [6.45, 7) is 4.45. The molecule has 1 aliphatic heterocycles. The topological polar surface area (TPSA) is 75.4 Å². The lowest BCUT2D eigenvalue weighted by Crippen LogP contribution is -2.43. The number of carbonyl (C=O) groups is 2. The van der Waals surface area contributed by atoms with Crippen LogP contribution in [0.1, 0.15) is 135 Å². The van der Waals surface area contributed by atoms with Gasteiger partial charge in [-0.3, -0.25) is 9.59 Å². The Balaban J connectivity index is 1.79. The number of carbonyl (C=O) groups excluding carboxylic acids is 2. The van der Waals surface area contributed by atoms with Gasteiger partial charge in [-0.05, 0) is 25.7 Å². The van der Waals surface area contributed by atoms with Crippen LogP contribution < -0.4 is 11.1 Å². The number of nitrogens with one attached hydrogen (secondary N) is 1. The average Bonchev–Trinajstić information content (AvgIpc) is 2.79. The van der Waals surface area contributed by atoms with Crippen LogP contribution in [0.5, 0.6) is 0 Å². The Hall–Kier alpha value is -1.10. The Morgan fingerprint density at radius 1 is 0.719 bits per heavy atom. The number of hydrogen-bond acceptors (Lipinski definition) is 3. The van der Waals surface area contributed by atoms with Crippen LogP contribution in [0.15, 0.2) is 0 Å². The monoisotopic (exact) mass is 451 g/mol. The first-order valence-corrected chi connectivity index (χ1v) is 13.9. The van der Waals surface area contributed by atoms with Gasteiger partial charge in [-0.25, -0.2) is 0 Å². The Labute approximate surface area is 198 Å². The zero-order chi connectivity index (χ0) is 23.3. The number of nitrogens with zero attached hydrogens (tertiary/aromatic N) is 1. The molecule has 2 amide bonds. The van der Waals surface area contributed by atoms with Crippen LogP contribution >= 0.6 is 0 Å². The Morgan fingerprint density at radius 2 is 1.19 bits per heavy atom. The van der Waals surface area contributed by atoms with Crippen LogP contribution in [0.2, 0.25) is 0 Å². The van der Waals surface area contributed by atoms with E-state index in [0.29, 0.717) is 19.4 Å². The Bertz CT molecular complexity index is 462. The van der Waals surface area contributed by atoms with E-state index in [9.17, 15) is 9.59 Å². The highest BCUT2D eigenvalue weighted by Crippen LogP contribution is 2.14. The molecule has 1 aliphatic rings. The minimum absolute atomic E-state index is 0.135. The third-order valence-electron chi connectivity index (χ3n) is 6.79. The summed E-state index contributed by atoms with van der Waals surface area (Å²) in [7, 11) is 0. The van der Waals surface area contributed by atoms with Crippen LogP contribution in [-0.2, 0) is 9.59 Å². The first-order chi connectivity index (χ1) is 15.6. The van der Waals surface area contributed by atoms with E-state index in [1.54, 1.807) is 0 Å². The van der Waals surface area contributed by atoms with Crippen molar-refractivity contribution >= 4 is 11.8 Å². The average molecular weight is 452 g/mol. The summed E-state index contributed by atoms with van der Waals surface area (Å²) in [6, 6.07) is 0.248. The highest BCUT2D eigenvalue weighted by molar-refractivity contribution is 5.77. The molecule has 188 valence electrons. The maximum atomic E-state index is 12.2. The van der Waals surface area contributed by atoms with Crippen molar-refractivity contribution < 1.29 is 9.59 Å². The fraction of sp³-hybridized carbons (Fsp3) is 0.926. The van der Waals surface area contributed by atoms with Crippen molar-refractivity contribution in [2.45, 2.75) is 141 Å². The molecule has 1 heterocycles. The van der Waals surface area contributed by atoms with E-state index in [2.05, 4.69) is 12.2 Å². The number of piperidine rings is 1. The van der Waals surface area contributed by atoms with Crippen LogP contribution in [0.4, 0.5) is 0 Å². The highest BCUT2D eigenvalue weighted by atomic mass is 16.2. The molecule has 0 atom stereocenters. The van der Waals surface area contributed by atoms with Gasteiger partial charge >= 0.3 is 0 Å². The van der Waals surface area contributed by atoms with Crippen molar-refractivity contribution in [2.75, 3.05) is 19.6 Å². The standard InChI is InChI=1S/C27H53N3O2/c1-2-3-4-5-6-7-8-9-10-11-12-13-14-15-16-18-26(31)29-22-17-19-27(32)30-23-20-25(28)21-24-30/h25H,2-24,28H2,1H3,(H,29,31). The maximum absolute atomic E-state index is 12.2. The van der Waals surface area contributed by atoms with E-state index in [1.807, 2.05) is 4.90 Å². The Morgan fingerprint density at radius 3 is 1.69 bits per heavy atom. The molecule has 1 fully saturated rings. The van der Waals surface area contributed by atoms with Crippen molar-refractivity contribution in [3.05, 3.63) is 0 Å². The van der Waals surface area contributed by atoms with Gasteiger partial charge in [-0.15, -0.1) is 0 Å². The second kappa shape index (κ2) is 20.5. The van der Waals surface area contributed by atoms with Crippen molar-refractivity contribution in [2.24, 2.45) is 5.73 Å². The molecule has 0 aromatic carbocycles. The van der Waals surface area contributed by atoms with Crippen molar-refractivity contribution in [1.29, 1.82) is 0 Å². The van der Waals surface area contributed by atoms with Gasteiger partial charge in [0.2, 0.25) is 11.8 Å². The zero-order valence-electron chi connectivity index (χ0n) is 21.2.